The van der Waals surface area contributed by atoms with Crippen LogP contribution in [0.15, 0.2) is 0 Å². The van der Waals surface area contributed by atoms with E-state index >= 15 is 0 Å². The second kappa shape index (κ2) is 3.20. The van der Waals surface area contributed by atoms with Crippen molar-refractivity contribution in [2.45, 2.75) is 51.3 Å². The Kier molecular flexibility index (Phi) is 2.38. The molecule has 2 saturated heterocycles. The average Bonchev–Trinajstić information content (AvgIpc) is 2.58. The van der Waals surface area contributed by atoms with Gasteiger partial charge in [0, 0.05) is 6.54 Å². The van der Waals surface area contributed by atoms with Crippen molar-refractivity contribution in [2.24, 2.45) is 0 Å². The summed E-state index contributed by atoms with van der Waals surface area (Å²) in [5, 5.41) is 0. The Balaban J connectivity index is 2.05. The van der Waals surface area contributed by atoms with Gasteiger partial charge in [-0.3, -0.25) is 10.9 Å². The Labute approximate surface area is 85.8 Å². The summed E-state index contributed by atoms with van der Waals surface area (Å²) >= 11 is 0. The molecule has 2 fully saturated rings. The lowest BCUT2D eigenvalue weighted by molar-refractivity contribution is 0.00578. The zero-order valence-electron chi connectivity index (χ0n) is 9.39. The normalized spacial score (nSPS) is 35.1. The van der Waals surface area contributed by atoms with Gasteiger partial charge in [-0.05, 0) is 34.1 Å². The van der Waals surface area contributed by atoms with E-state index in [1.54, 1.807) is 0 Å². The Bertz CT molecular complexity index is 211. The van der Waals surface area contributed by atoms with Crippen molar-refractivity contribution < 1.29 is 9.31 Å². The molecule has 4 nitrogen and oxygen atoms in total. The van der Waals surface area contributed by atoms with Gasteiger partial charge in [-0.2, -0.15) is 0 Å². The molecule has 2 aliphatic heterocycles. The van der Waals surface area contributed by atoms with Crippen molar-refractivity contribution in [1.82, 2.24) is 10.9 Å². The molecule has 2 aliphatic rings. The molecule has 0 radical (unpaired) electrons. The molecular formula is C9H19BN2O2. The Morgan fingerprint density at radius 2 is 1.71 bits per heavy atom. The number of hydrogen-bond acceptors (Lipinski definition) is 4. The largest absolute Gasteiger partial charge is 0.477 e. The predicted molar refractivity (Wildman–Crippen MR) is 55.6 cm³/mol. The molecule has 14 heavy (non-hydrogen) atoms. The van der Waals surface area contributed by atoms with Crippen LogP contribution < -0.4 is 10.9 Å². The molecule has 0 aromatic rings. The summed E-state index contributed by atoms with van der Waals surface area (Å²) < 4.78 is 11.8. The SMILES string of the molecule is CC1(C)OB(C2CCNN2)OC1(C)C. The molecule has 0 aliphatic carbocycles. The Morgan fingerprint density at radius 3 is 2.14 bits per heavy atom. The van der Waals surface area contributed by atoms with Crippen molar-refractivity contribution in [3.63, 3.8) is 0 Å². The van der Waals surface area contributed by atoms with Crippen molar-refractivity contribution in [3.05, 3.63) is 0 Å². The highest BCUT2D eigenvalue weighted by molar-refractivity contribution is 6.47. The number of hydrogen-bond donors (Lipinski definition) is 2. The minimum atomic E-state index is -0.220. The standard InChI is InChI=1S/C9H19BN2O2/c1-8(2)9(3,4)14-10(13-8)7-5-6-11-12-7/h7,11-12H,5-6H2,1-4H3. The molecule has 80 valence electrons. The third-order valence-electron chi connectivity index (χ3n) is 3.47. The van der Waals surface area contributed by atoms with Gasteiger partial charge in [0.1, 0.15) is 0 Å². The van der Waals surface area contributed by atoms with Crippen molar-refractivity contribution in [1.29, 1.82) is 0 Å². The summed E-state index contributed by atoms with van der Waals surface area (Å²) in [7, 11) is -0.130. The summed E-state index contributed by atoms with van der Waals surface area (Å²) in [5.74, 6) is 0.274. The molecule has 2 N–H and O–H groups in total. The van der Waals surface area contributed by atoms with Crippen LogP contribution in [0.1, 0.15) is 34.1 Å². The second-order valence-corrected chi connectivity index (χ2v) is 5.09. The molecule has 1 unspecified atom stereocenters. The maximum Gasteiger partial charge on any atom is 0.477 e. The highest BCUT2D eigenvalue weighted by Crippen LogP contribution is 2.37. The minimum absolute atomic E-state index is 0.130. The smallest absolute Gasteiger partial charge is 0.402 e. The first kappa shape index (κ1) is 10.4. The van der Waals surface area contributed by atoms with Crippen LogP contribution in [-0.2, 0) is 9.31 Å². The fraction of sp³-hybridized carbons (Fsp3) is 1.00. The molecular weight excluding hydrogens is 179 g/mol. The zero-order valence-corrected chi connectivity index (χ0v) is 9.39. The minimum Gasteiger partial charge on any atom is -0.402 e. The predicted octanol–water partition coefficient (Wildman–Crippen LogP) is 0.484. The molecule has 0 aromatic carbocycles. The number of hydrazine groups is 1. The van der Waals surface area contributed by atoms with Gasteiger partial charge in [-0.15, -0.1) is 0 Å². The van der Waals surface area contributed by atoms with Crippen molar-refractivity contribution in [3.8, 4) is 0 Å². The lowest BCUT2D eigenvalue weighted by atomic mass is 9.77. The molecule has 5 heteroatoms. The van der Waals surface area contributed by atoms with Crippen LogP contribution in [0.3, 0.4) is 0 Å². The lowest BCUT2D eigenvalue weighted by Gasteiger charge is -2.32. The highest BCUT2D eigenvalue weighted by Gasteiger charge is 2.54. The summed E-state index contributed by atoms with van der Waals surface area (Å²) in [6.45, 7) is 9.30. The topological polar surface area (TPSA) is 42.5 Å². The molecule has 2 rings (SSSR count). The summed E-state index contributed by atoms with van der Waals surface area (Å²) in [6, 6.07) is 0. The summed E-state index contributed by atoms with van der Waals surface area (Å²) in [5.41, 5.74) is 5.83. The van der Waals surface area contributed by atoms with Gasteiger partial charge in [0.2, 0.25) is 0 Å². The molecule has 1 atom stereocenters. The van der Waals surface area contributed by atoms with E-state index in [0.29, 0.717) is 0 Å². The van der Waals surface area contributed by atoms with Crippen LogP contribution in [0, 0.1) is 0 Å². The van der Waals surface area contributed by atoms with Crippen molar-refractivity contribution in [2.75, 3.05) is 6.54 Å². The third-order valence-corrected chi connectivity index (χ3v) is 3.47. The average molecular weight is 198 g/mol. The fourth-order valence-electron chi connectivity index (χ4n) is 1.76. The van der Waals surface area contributed by atoms with E-state index in [1.165, 1.54) is 0 Å². The van der Waals surface area contributed by atoms with Gasteiger partial charge >= 0.3 is 7.12 Å². The van der Waals surface area contributed by atoms with E-state index in [4.69, 9.17) is 9.31 Å². The van der Waals surface area contributed by atoms with Gasteiger partial charge in [0.25, 0.3) is 0 Å². The van der Waals surface area contributed by atoms with Gasteiger partial charge in [-0.25, -0.2) is 0 Å². The van der Waals surface area contributed by atoms with Gasteiger partial charge in [-0.1, -0.05) is 0 Å². The monoisotopic (exact) mass is 198 g/mol. The van der Waals surface area contributed by atoms with E-state index in [0.717, 1.165) is 13.0 Å². The van der Waals surface area contributed by atoms with Gasteiger partial charge in [0.15, 0.2) is 0 Å². The summed E-state index contributed by atoms with van der Waals surface area (Å²) in [4.78, 5) is 0. The van der Waals surface area contributed by atoms with E-state index in [9.17, 15) is 0 Å². The molecule has 0 aromatic heterocycles. The lowest BCUT2D eigenvalue weighted by Crippen LogP contribution is -2.44. The first-order valence-corrected chi connectivity index (χ1v) is 5.26. The fourth-order valence-corrected chi connectivity index (χ4v) is 1.76. The maximum absolute atomic E-state index is 5.92. The van der Waals surface area contributed by atoms with E-state index in [1.807, 2.05) is 0 Å². The van der Waals surface area contributed by atoms with Crippen LogP contribution >= 0.6 is 0 Å². The quantitative estimate of drug-likeness (QED) is 0.601. The third kappa shape index (κ3) is 1.58. The van der Waals surface area contributed by atoms with Crippen LogP contribution in [0.4, 0.5) is 0 Å². The van der Waals surface area contributed by atoms with Crippen molar-refractivity contribution >= 4 is 7.12 Å². The van der Waals surface area contributed by atoms with Crippen LogP contribution in [0.2, 0.25) is 0 Å². The van der Waals surface area contributed by atoms with E-state index < -0.39 is 0 Å². The molecule has 2 heterocycles. The zero-order chi connectivity index (χ0) is 10.4. The first-order valence-electron chi connectivity index (χ1n) is 5.26. The van der Waals surface area contributed by atoms with Crippen LogP contribution in [-0.4, -0.2) is 30.8 Å². The highest BCUT2D eigenvalue weighted by atomic mass is 16.7. The maximum atomic E-state index is 5.92. The molecule has 0 saturated carbocycles. The number of nitrogens with one attached hydrogen (secondary N) is 2. The second-order valence-electron chi connectivity index (χ2n) is 5.09. The van der Waals surface area contributed by atoms with Gasteiger partial charge < -0.3 is 9.31 Å². The van der Waals surface area contributed by atoms with Crippen LogP contribution in [0.5, 0.6) is 0 Å². The Hall–Kier alpha value is -0.0951. The molecule has 0 bridgehead atoms. The summed E-state index contributed by atoms with van der Waals surface area (Å²) in [6.07, 6.45) is 1.05. The van der Waals surface area contributed by atoms with Gasteiger partial charge in [0.05, 0.1) is 17.1 Å². The molecule has 0 amide bonds. The number of rotatable bonds is 1. The molecule has 0 spiro atoms. The van der Waals surface area contributed by atoms with E-state index in [2.05, 4.69) is 38.5 Å². The Morgan fingerprint density at radius 1 is 1.14 bits per heavy atom. The first-order chi connectivity index (χ1) is 6.42. The van der Waals surface area contributed by atoms with E-state index in [-0.39, 0.29) is 24.3 Å². The van der Waals surface area contributed by atoms with Crippen LogP contribution in [0.25, 0.3) is 0 Å².